The van der Waals surface area contributed by atoms with Crippen molar-refractivity contribution >= 4 is 11.6 Å². The zero-order valence-electron chi connectivity index (χ0n) is 11.6. The smallest absolute Gasteiger partial charge is 0.350 e. The number of aliphatic carboxylic acids is 1. The topological polar surface area (TPSA) is 79.8 Å². The van der Waals surface area contributed by atoms with Crippen molar-refractivity contribution < 1.29 is 9.90 Å². The predicted molar refractivity (Wildman–Crippen MR) is 73.7 cm³/mol. The monoisotopic (exact) mass is 278 g/mol. The minimum absolute atomic E-state index is 0.180. The number of hydrogen-bond acceptors (Lipinski definition) is 4. The molecule has 2 heterocycles. The van der Waals surface area contributed by atoms with E-state index in [0.29, 0.717) is 25.3 Å². The molecule has 0 amide bonds. The summed E-state index contributed by atoms with van der Waals surface area (Å²) in [6.45, 7) is 3.11. The summed E-state index contributed by atoms with van der Waals surface area (Å²) in [6.07, 6.45) is 1.68. The molecule has 0 aliphatic rings. The fraction of sp³-hybridized carbons (Fsp3) is 0.462. The minimum Gasteiger partial charge on any atom is -0.481 e. The maximum absolute atomic E-state index is 12.0. The van der Waals surface area contributed by atoms with Gasteiger partial charge in [-0.25, -0.2) is 9.48 Å². The molecule has 2 aromatic heterocycles. The van der Waals surface area contributed by atoms with Crippen molar-refractivity contribution in [3.8, 4) is 0 Å². The average molecular weight is 278 g/mol. The summed E-state index contributed by atoms with van der Waals surface area (Å²) in [5.41, 5.74) is 0.430. The lowest BCUT2D eigenvalue weighted by molar-refractivity contribution is -0.141. The van der Waals surface area contributed by atoms with E-state index in [4.69, 9.17) is 5.11 Å². The van der Waals surface area contributed by atoms with Gasteiger partial charge in [0.25, 0.3) is 0 Å². The predicted octanol–water partition coefficient (Wildman–Crippen LogP) is 0.149. The van der Waals surface area contributed by atoms with Gasteiger partial charge in [0.15, 0.2) is 5.65 Å². The first kappa shape index (κ1) is 14.3. The van der Waals surface area contributed by atoms with Crippen LogP contribution in [0.25, 0.3) is 5.65 Å². The Morgan fingerprint density at radius 2 is 2.25 bits per heavy atom. The molecule has 0 aliphatic heterocycles. The summed E-state index contributed by atoms with van der Waals surface area (Å²) in [4.78, 5) is 24.7. The van der Waals surface area contributed by atoms with Crippen molar-refractivity contribution in [2.45, 2.75) is 13.5 Å². The fourth-order valence-corrected chi connectivity index (χ4v) is 2.02. The van der Waals surface area contributed by atoms with Gasteiger partial charge in [0, 0.05) is 19.3 Å². The van der Waals surface area contributed by atoms with E-state index in [0.717, 1.165) is 0 Å². The Balaban J connectivity index is 2.01. The first-order valence-corrected chi connectivity index (χ1v) is 6.44. The summed E-state index contributed by atoms with van der Waals surface area (Å²) < 4.78 is 2.89. The molecule has 0 saturated heterocycles. The van der Waals surface area contributed by atoms with Gasteiger partial charge in [-0.1, -0.05) is 13.0 Å². The molecule has 1 N–H and O–H groups in total. The number of nitrogens with zero attached hydrogens (tertiary/aromatic N) is 4. The Morgan fingerprint density at radius 3 is 2.90 bits per heavy atom. The molecule has 7 nitrogen and oxygen atoms in total. The maximum Gasteiger partial charge on any atom is 0.350 e. The molecule has 0 spiro atoms. The van der Waals surface area contributed by atoms with Crippen molar-refractivity contribution in [3.05, 3.63) is 34.9 Å². The number of likely N-dealkylation sites (N-methyl/N-ethyl adjacent to an activating group) is 1. The zero-order valence-corrected chi connectivity index (χ0v) is 11.6. The second kappa shape index (κ2) is 5.87. The molecule has 7 heteroatoms. The SMILES string of the molecule is CC(CN(C)CCn1nc2ccccn2c1=O)C(=O)O. The second-order valence-corrected chi connectivity index (χ2v) is 4.94. The van der Waals surface area contributed by atoms with Crippen LogP contribution in [-0.4, -0.2) is 50.3 Å². The molecule has 20 heavy (non-hydrogen) atoms. The second-order valence-electron chi connectivity index (χ2n) is 4.94. The Bertz CT molecular complexity index is 661. The zero-order chi connectivity index (χ0) is 14.7. The fourth-order valence-electron chi connectivity index (χ4n) is 2.02. The molecule has 0 aliphatic carbocycles. The van der Waals surface area contributed by atoms with Crippen LogP contribution in [0.5, 0.6) is 0 Å². The van der Waals surface area contributed by atoms with Crippen molar-refractivity contribution in [1.82, 2.24) is 19.1 Å². The molecule has 1 unspecified atom stereocenters. The van der Waals surface area contributed by atoms with Gasteiger partial charge in [-0.2, -0.15) is 0 Å². The van der Waals surface area contributed by atoms with Gasteiger partial charge >= 0.3 is 11.7 Å². The van der Waals surface area contributed by atoms with Gasteiger partial charge in [0.2, 0.25) is 0 Å². The number of aromatic nitrogens is 3. The van der Waals surface area contributed by atoms with Crippen LogP contribution >= 0.6 is 0 Å². The molecule has 2 rings (SSSR count). The van der Waals surface area contributed by atoms with Crippen LogP contribution in [0.4, 0.5) is 0 Å². The molecule has 2 aromatic rings. The highest BCUT2D eigenvalue weighted by molar-refractivity contribution is 5.69. The van der Waals surface area contributed by atoms with Crippen LogP contribution < -0.4 is 5.69 Å². The molecule has 1 atom stereocenters. The average Bonchev–Trinajstić information content (AvgIpc) is 2.73. The van der Waals surface area contributed by atoms with Gasteiger partial charge in [0.05, 0.1) is 12.5 Å². The van der Waals surface area contributed by atoms with Gasteiger partial charge in [-0.15, -0.1) is 5.10 Å². The number of hydrogen-bond donors (Lipinski definition) is 1. The third-order valence-corrected chi connectivity index (χ3v) is 3.19. The number of fused-ring (bicyclic) bond motifs is 1. The Kier molecular flexibility index (Phi) is 4.19. The van der Waals surface area contributed by atoms with Crippen LogP contribution in [0, 0.1) is 5.92 Å². The van der Waals surface area contributed by atoms with E-state index in [9.17, 15) is 9.59 Å². The van der Waals surface area contributed by atoms with E-state index in [2.05, 4.69) is 5.10 Å². The van der Waals surface area contributed by atoms with Gasteiger partial charge < -0.3 is 10.0 Å². The molecule has 0 fully saturated rings. The van der Waals surface area contributed by atoms with Crippen LogP contribution in [0.3, 0.4) is 0 Å². The molecular weight excluding hydrogens is 260 g/mol. The van der Waals surface area contributed by atoms with E-state index < -0.39 is 11.9 Å². The van der Waals surface area contributed by atoms with Crippen molar-refractivity contribution in [2.75, 3.05) is 20.1 Å². The minimum atomic E-state index is -0.818. The highest BCUT2D eigenvalue weighted by Crippen LogP contribution is 1.99. The van der Waals surface area contributed by atoms with Crippen molar-refractivity contribution in [1.29, 1.82) is 0 Å². The maximum atomic E-state index is 12.0. The van der Waals surface area contributed by atoms with Gasteiger partial charge in [-0.3, -0.25) is 9.20 Å². The molecule has 0 bridgehead atoms. The first-order valence-electron chi connectivity index (χ1n) is 6.44. The van der Waals surface area contributed by atoms with E-state index >= 15 is 0 Å². The summed E-state index contributed by atoms with van der Waals surface area (Å²) in [5, 5.41) is 13.1. The Hall–Kier alpha value is -2.15. The summed E-state index contributed by atoms with van der Waals surface area (Å²) >= 11 is 0. The number of carboxylic acid groups (broad SMARTS) is 1. The summed E-state index contributed by atoms with van der Waals surface area (Å²) in [5.74, 6) is -1.25. The Labute approximate surface area is 116 Å². The number of pyridine rings is 1. The van der Waals surface area contributed by atoms with Gasteiger partial charge in [0.1, 0.15) is 0 Å². The lowest BCUT2D eigenvalue weighted by Crippen LogP contribution is -2.33. The van der Waals surface area contributed by atoms with E-state index in [1.165, 1.54) is 9.08 Å². The van der Waals surface area contributed by atoms with Gasteiger partial charge in [-0.05, 0) is 19.2 Å². The normalized spacial score (nSPS) is 12.9. The van der Waals surface area contributed by atoms with E-state index in [-0.39, 0.29) is 5.69 Å². The number of rotatable bonds is 6. The summed E-state index contributed by atoms with van der Waals surface area (Å²) in [7, 11) is 1.83. The van der Waals surface area contributed by atoms with E-state index in [1.54, 1.807) is 25.3 Å². The molecular formula is C13H18N4O3. The van der Waals surface area contributed by atoms with Crippen molar-refractivity contribution in [2.24, 2.45) is 5.92 Å². The molecule has 0 saturated carbocycles. The largest absolute Gasteiger partial charge is 0.481 e. The van der Waals surface area contributed by atoms with E-state index in [1.807, 2.05) is 18.0 Å². The number of carboxylic acids is 1. The third kappa shape index (κ3) is 3.05. The summed E-state index contributed by atoms with van der Waals surface area (Å²) in [6, 6.07) is 5.38. The number of carbonyl (C=O) groups is 1. The lowest BCUT2D eigenvalue weighted by Gasteiger charge is -2.18. The van der Waals surface area contributed by atoms with Crippen LogP contribution in [0.15, 0.2) is 29.2 Å². The van der Waals surface area contributed by atoms with Crippen LogP contribution in [0.2, 0.25) is 0 Å². The molecule has 0 aromatic carbocycles. The Morgan fingerprint density at radius 1 is 1.50 bits per heavy atom. The third-order valence-electron chi connectivity index (χ3n) is 3.19. The highest BCUT2D eigenvalue weighted by Gasteiger charge is 2.14. The first-order chi connectivity index (χ1) is 9.49. The lowest BCUT2D eigenvalue weighted by atomic mass is 10.2. The molecule has 0 radical (unpaired) electrons. The standard InChI is InChI=1S/C13H18N4O3/c1-10(12(18)19)9-15(2)7-8-17-13(20)16-6-4-3-5-11(16)14-17/h3-6,10H,7-9H2,1-2H3,(H,18,19). The van der Waals surface area contributed by atoms with Crippen LogP contribution in [0.1, 0.15) is 6.92 Å². The highest BCUT2D eigenvalue weighted by atomic mass is 16.4. The quantitative estimate of drug-likeness (QED) is 0.813. The van der Waals surface area contributed by atoms with Crippen molar-refractivity contribution in [3.63, 3.8) is 0 Å². The molecule has 108 valence electrons. The van der Waals surface area contributed by atoms with Crippen LogP contribution in [-0.2, 0) is 11.3 Å².